The minimum Gasteiger partial charge on any atom is -0.481 e. The number of nitrogens with two attached hydrogens (primary N) is 2. The van der Waals surface area contributed by atoms with E-state index in [-0.39, 0.29) is 46.9 Å². The number of anilines is 3. The zero-order valence-electron chi connectivity index (χ0n) is 17.2. The Bertz CT molecular complexity index is 1220. The van der Waals surface area contributed by atoms with Gasteiger partial charge in [-0.1, -0.05) is 12.1 Å². The number of halogens is 1. The molecule has 0 aliphatic rings. The topological polar surface area (TPSA) is 194 Å². The molecule has 0 fully saturated rings. The van der Waals surface area contributed by atoms with Gasteiger partial charge in [-0.2, -0.15) is 4.98 Å². The third kappa shape index (κ3) is 5.61. The maximum absolute atomic E-state index is 14.8. The average Bonchev–Trinajstić information content (AvgIpc) is 2.75. The van der Waals surface area contributed by atoms with Gasteiger partial charge in [0.25, 0.3) is 5.91 Å². The lowest BCUT2D eigenvalue weighted by Gasteiger charge is -2.14. The first kappa shape index (κ1) is 23.2. The van der Waals surface area contributed by atoms with Crippen LogP contribution in [0.25, 0.3) is 10.9 Å². The molecule has 1 aromatic heterocycles. The number of aliphatic carboxylic acids is 2. The van der Waals surface area contributed by atoms with Crippen LogP contribution in [0.15, 0.2) is 36.4 Å². The van der Waals surface area contributed by atoms with Crippen molar-refractivity contribution < 1.29 is 29.0 Å². The second-order valence-corrected chi connectivity index (χ2v) is 7.14. The summed E-state index contributed by atoms with van der Waals surface area (Å²) in [6.07, 6.45) is -0.629. The van der Waals surface area contributed by atoms with E-state index in [4.69, 9.17) is 21.7 Å². The highest BCUT2D eigenvalue weighted by molar-refractivity contribution is 5.96. The van der Waals surface area contributed by atoms with Crippen molar-refractivity contribution in [3.63, 3.8) is 0 Å². The summed E-state index contributed by atoms with van der Waals surface area (Å²) in [5.74, 6) is -3.88. The Labute approximate surface area is 186 Å². The van der Waals surface area contributed by atoms with Gasteiger partial charge in [0, 0.05) is 18.5 Å². The van der Waals surface area contributed by atoms with E-state index in [1.165, 1.54) is 18.2 Å². The zero-order valence-corrected chi connectivity index (χ0v) is 17.2. The molecule has 0 unspecified atom stereocenters. The number of rotatable bonds is 9. The van der Waals surface area contributed by atoms with Gasteiger partial charge in [-0.15, -0.1) is 0 Å². The molecule has 1 amide bonds. The molecular formula is C21H21FN6O5. The Kier molecular flexibility index (Phi) is 6.86. The second kappa shape index (κ2) is 9.77. The molecule has 0 aliphatic heterocycles. The number of carboxylic acid groups (broad SMARTS) is 2. The van der Waals surface area contributed by atoms with Crippen LogP contribution in [0.3, 0.4) is 0 Å². The van der Waals surface area contributed by atoms with Crippen molar-refractivity contribution >= 4 is 46.2 Å². The first-order valence-corrected chi connectivity index (χ1v) is 9.75. The third-order valence-electron chi connectivity index (χ3n) is 4.80. The van der Waals surface area contributed by atoms with Crippen molar-refractivity contribution in [1.29, 1.82) is 0 Å². The van der Waals surface area contributed by atoms with Gasteiger partial charge in [0.1, 0.15) is 11.9 Å². The number of nitrogens with one attached hydrogen (secondary N) is 2. The Hall–Kier alpha value is -4.48. The number of nitrogen functional groups attached to an aromatic ring is 2. The van der Waals surface area contributed by atoms with Gasteiger partial charge in [-0.25, -0.2) is 14.2 Å². The molecule has 3 rings (SSSR count). The predicted molar refractivity (Wildman–Crippen MR) is 118 cm³/mol. The van der Waals surface area contributed by atoms with Crippen LogP contribution in [-0.4, -0.2) is 44.1 Å². The maximum atomic E-state index is 14.8. The van der Waals surface area contributed by atoms with E-state index in [2.05, 4.69) is 20.6 Å². The lowest BCUT2D eigenvalue weighted by atomic mass is 10.1. The average molecular weight is 456 g/mol. The fourth-order valence-electron chi connectivity index (χ4n) is 3.10. The summed E-state index contributed by atoms with van der Waals surface area (Å²) in [7, 11) is 0. The molecule has 172 valence electrons. The molecule has 0 spiro atoms. The van der Waals surface area contributed by atoms with Gasteiger partial charge in [0.2, 0.25) is 5.95 Å². The van der Waals surface area contributed by atoms with Crippen LogP contribution < -0.4 is 22.1 Å². The molecule has 0 radical (unpaired) electrons. The van der Waals surface area contributed by atoms with Gasteiger partial charge >= 0.3 is 11.9 Å². The lowest BCUT2D eigenvalue weighted by Crippen LogP contribution is -2.41. The summed E-state index contributed by atoms with van der Waals surface area (Å²) in [5, 5.41) is 23.1. The minimum absolute atomic E-state index is 0.0529. The van der Waals surface area contributed by atoms with Gasteiger partial charge in [0.05, 0.1) is 16.6 Å². The van der Waals surface area contributed by atoms with Crippen LogP contribution in [0.5, 0.6) is 0 Å². The standard InChI is InChI=1S/C21H21FN6O5/c22-17-13(6-5-12-16(17)18(23)28-21(24)27-12)25-9-10-1-3-11(4-2-10)19(31)26-14(20(32)33)7-8-15(29)30/h1-6,14,25H,7-9H2,(H,26,31)(H,29,30)(H,32,33)(H4,23,24,27,28)/t14-/m0/s1. The van der Waals surface area contributed by atoms with Crippen molar-refractivity contribution in [3.05, 3.63) is 53.3 Å². The van der Waals surface area contributed by atoms with E-state index in [0.717, 1.165) is 0 Å². The summed E-state index contributed by atoms with van der Waals surface area (Å²) in [4.78, 5) is 41.9. The molecule has 0 saturated heterocycles. The highest BCUT2D eigenvalue weighted by Crippen LogP contribution is 2.28. The molecule has 3 aromatic rings. The number of nitrogens with zero attached hydrogens (tertiary/aromatic N) is 2. The van der Waals surface area contributed by atoms with Crippen molar-refractivity contribution in [2.45, 2.75) is 25.4 Å². The van der Waals surface area contributed by atoms with Crippen LogP contribution >= 0.6 is 0 Å². The number of benzene rings is 2. The summed E-state index contributed by atoms with van der Waals surface area (Å²) < 4.78 is 14.8. The third-order valence-corrected chi connectivity index (χ3v) is 4.80. The first-order valence-electron chi connectivity index (χ1n) is 9.75. The van der Waals surface area contributed by atoms with Gasteiger partial charge in [-0.05, 0) is 36.2 Å². The summed E-state index contributed by atoms with van der Waals surface area (Å²) in [5.41, 5.74) is 12.7. The maximum Gasteiger partial charge on any atom is 0.326 e. The molecular weight excluding hydrogens is 435 g/mol. The Morgan fingerprint density at radius 2 is 1.73 bits per heavy atom. The van der Waals surface area contributed by atoms with Crippen LogP contribution in [0, 0.1) is 5.82 Å². The van der Waals surface area contributed by atoms with Crippen molar-refractivity contribution in [1.82, 2.24) is 15.3 Å². The van der Waals surface area contributed by atoms with Gasteiger partial charge < -0.3 is 32.3 Å². The van der Waals surface area contributed by atoms with Crippen LogP contribution in [0.1, 0.15) is 28.8 Å². The highest BCUT2D eigenvalue weighted by Gasteiger charge is 2.21. The van der Waals surface area contributed by atoms with Crippen LogP contribution in [0.2, 0.25) is 0 Å². The Morgan fingerprint density at radius 3 is 2.36 bits per heavy atom. The number of fused-ring (bicyclic) bond motifs is 1. The van der Waals surface area contributed by atoms with Gasteiger partial charge in [0.15, 0.2) is 5.82 Å². The van der Waals surface area contributed by atoms with Crippen molar-refractivity contribution in [2.24, 2.45) is 0 Å². The normalized spacial score (nSPS) is 11.7. The quantitative estimate of drug-likeness (QED) is 0.275. The number of aromatic nitrogens is 2. The number of carbonyl (C=O) groups excluding carboxylic acids is 1. The summed E-state index contributed by atoms with van der Waals surface area (Å²) >= 11 is 0. The molecule has 0 saturated carbocycles. The lowest BCUT2D eigenvalue weighted by molar-refractivity contribution is -0.140. The second-order valence-electron chi connectivity index (χ2n) is 7.14. The van der Waals surface area contributed by atoms with Crippen molar-refractivity contribution in [2.75, 3.05) is 16.8 Å². The van der Waals surface area contributed by atoms with Crippen LogP contribution in [-0.2, 0) is 16.1 Å². The predicted octanol–water partition coefficient (Wildman–Crippen LogP) is 1.59. The fraction of sp³-hybridized carbons (Fsp3) is 0.190. The van der Waals surface area contributed by atoms with Gasteiger partial charge in [-0.3, -0.25) is 9.59 Å². The molecule has 0 bridgehead atoms. The molecule has 1 heterocycles. The number of hydrogen-bond acceptors (Lipinski definition) is 8. The van der Waals surface area contributed by atoms with E-state index < -0.39 is 36.1 Å². The molecule has 33 heavy (non-hydrogen) atoms. The summed E-state index contributed by atoms with van der Waals surface area (Å²) in [6.45, 7) is 0.219. The highest BCUT2D eigenvalue weighted by atomic mass is 19.1. The number of carbonyl (C=O) groups is 3. The van der Waals surface area contributed by atoms with Crippen LogP contribution in [0.4, 0.5) is 21.8 Å². The van der Waals surface area contributed by atoms with E-state index >= 15 is 0 Å². The largest absolute Gasteiger partial charge is 0.481 e. The molecule has 11 nitrogen and oxygen atoms in total. The van der Waals surface area contributed by atoms with E-state index in [0.29, 0.717) is 5.56 Å². The van der Waals surface area contributed by atoms with Crippen molar-refractivity contribution in [3.8, 4) is 0 Å². The number of amides is 1. The zero-order chi connectivity index (χ0) is 24.1. The summed E-state index contributed by atoms with van der Waals surface area (Å²) in [6, 6.07) is 7.93. The smallest absolute Gasteiger partial charge is 0.326 e. The van der Waals surface area contributed by atoms with E-state index in [1.807, 2.05) is 0 Å². The van der Waals surface area contributed by atoms with E-state index in [1.54, 1.807) is 18.2 Å². The van der Waals surface area contributed by atoms with E-state index in [9.17, 15) is 18.8 Å². The monoisotopic (exact) mass is 456 g/mol. The molecule has 0 aliphatic carbocycles. The first-order chi connectivity index (χ1) is 15.7. The minimum atomic E-state index is -1.32. The molecule has 8 N–H and O–H groups in total. The molecule has 12 heteroatoms. The molecule has 2 aromatic carbocycles. The Balaban J connectivity index is 1.66. The fourth-order valence-corrected chi connectivity index (χ4v) is 3.10. The number of hydrogen-bond donors (Lipinski definition) is 6. The SMILES string of the molecule is Nc1nc(N)c2c(F)c(NCc3ccc(C(=O)N[C@@H](CCC(=O)O)C(=O)O)cc3)ccc2n1. The number of carboxylic acids is 2. The molecule has 1 atom stereocenters. The Morgan fingerprint density at radius 1 is 1.03 bits per heavy atom.